The lowest BCUT2D eigenvalue weighted by Crippen LogP contribution is -2.66. The van der Waals surface area contributed by atoms with E-state index in [-0.39, 0.29) is 39.8 Å². The Morgan fingerprint density at radius 3 is 2.74 bits per heavy atom. The summed E-state index contributed by atoms with van der Waals surface area (Å²) < 4.78 is 68.7. The molecule has 3 aromatic heterocycles. The van der Waals surface area contributed by atoms with E-state index < -0.39 is 33.1 Å². The standard InChI is InChI=1S/C22H25F2N9O4S2/c1-12-7-31(8-14-9-36-4-3-32(12)14)17-6-15(39(34,35)29-22(10-25)11-37-13(22)2)5-16-18(26-30-33(16)17)20-27-28-21(38-20)19(23)24/h5-6,12-14,19,29H,3-4,7-9,11H2,1-2H3/t12-,13?,14+,22?/m0/s1. The molecule has 0 amide bonds. The van der Waals surface area contributed by atoms with E-state index in [1.165, 1.54) is 16.6 Å². The molecule has 3 aromatic rings. The highest BCUT2D eigenvalue weighted by Gasteiger charge is 2.49. The summed E-state index contributed by atoms with van der Waals surface area (Å²) in [7, 11) is -4.23. The Labute approximate surface area is 226 Å². The highest BCUT2D eigenvalue weighted by molar-refractivity contribution is 7.89. The fraction of sp³-hybridized carbons (Fsp3) is 0.591. The zero-order valence-electron chi connectivity index (χ0n) is 21.0. The maximum atomic E-state index is 13.6. The van der Waals surface area contributed by atoms with Gasteiger partial charge in [-0.1, -0.05) is 16.6 Å². The first kappa shape index (κ1) is 26.3. The average Bonchev–Trinajstić information content (AvgIpc) is 3.58. The van der Waals surface area contributed by atoms with Crippen LogP contribution in [0.1, 0.15) is 25.3 Å². The molecular formula is C22H25F2N9O4S2. The molecule has 3 fully saturated rings. The lowest BCUT2D eigenvalue weighted by molar-refractivity contribution is -0.102. The lowest BCUT2D eigenvalue weighted by Gasteiger charge is -2.48. The van der Waals surface area contributed by atoms with E-state index in [2.05, 4.69) is 37.1 Å². The smallest absolute Gasteiger partial charge is 0.291 e. The van der Waals surface area contributed by atoms with Crippen LogP contribution in [-0.4, -0.2) is 102 Å². The molecule has 3 aliphatic rings. The van der Waals surface area contributed by atoms with E-state index in [0.29, 0.717) is 43.5 Å². The molecule has 4 atom stereocenters. The third-order valence-corrected chi connectivity index (χ3v) is 9.89. The van der Waals surface area contributed by atoms with Gasteiger partial charge in [-0.15, -0.1) is 15.3 Å². The lowest BCUT2D eigenvalue weighted by atomic mass is 9.92. The first-order valence-corrected chi connectivity index (χ1v) is 14.6. The van der Waals surface area contributed by atoms with Gasteiger partial charge in [0.1, 0.15) is 11.3 Å². The third kappa shape index (κ3) is 4.44. The highest BCUT2D eigenvalue weighted by Crippen LogP contribution is 2.35. The zero-order valence-corrected chi connectivity index (χ0v) is 22.6. The number of piperazine rings is 1. The molecule has 17 heteroatoms. The normalized spacial score (nSPS) is 27.9. The summed E-state index contributed by atoms with van der Waals surface area (Å²) in [5.74, 6) is 0.450. The molecule has 3 saturated heterocycles. The van der Waals surface area contributed by atoms with Crippen molar-refractivity contribution in [3.8, 4) is 16.8 Å². The van der Waals surface area contributed by atoms with Crippen LogP contribution in [0.5, 0.6) is 0 Å². The van der Waals surface area contributed by atoms with E-state index in [0.717, 1.165) is 6.54 Å². The minimum Gasteiger partial charge on any atom is -0.378 e. The van der Waals surface area contributed by atoms with Gasteiger partial charge in [0.2, 0.25) is 10.0 Å². The van der Waals surface area contributed by atoms with Gasteiger partial charge in [0.25, 0.3) is 6.43 Å². The Bertz CT molecular complexity index is 1560. The van der Waals surface area contributed by atoms with Gasteiger partial charge in [0.05, 0.1) is 42.9 Å². The van der Waals surface area contributed by atoms with Crippen molar-refractivity contribution in [2.45, 2.75) is 48.9 Å². The molecule has 2 unspecified atom stereocenters. The molecule has 3 aliphatic heterocycles. The van der Waals surface area contributed by atoms with E-state index in [1.54, 1.807) is 6.92 Å². The Morgan fingerprint density at radius 2 is 2.08 bits per heavy atom. The molecule has 6 rings (SSSR count). The Morgan fingerprint density at radius 1 is 1.26 bits per heavy atom. The summed E-state index contributed by atoms with van der Waals surface area (Å²) in [6.45, 7) is 6.76. The zero-order chi connectivity index (χ0) is 27.5. The maximum absolute atomic E-state index is 13.6. The molecule has 0 bridgehead atoms. The van der Waals surface area contributed by atoms with Crippen molar-refractivity contribution in [2.24, 2.45) is 0 Å². The van der Waals surface area contributed by atoms with Crippen molar-refractivity contribution in [3.05, 3.63) is 17.1 Å². The van der Waals surface area contributed by atoms with Crippen molar-refractivity contribution in [1.29, 1.82) is 5.26 Å². The number of hydrogen-bond acceptors (Lipinski definition) is 12. The summed E-state index contributed by atoms with van der Waals surface area (Å²) in [5, 5.41) is 25.1. The van der Waals surface area contributed by atoms with E-state index >= 15 is 0 Å². The van der Waals surface area contributed by atoms with Gasteiger partial charge < -0.3 is 14.4 Å². The molecule has 13 nitrogen and oxygen atoms in total. The van der Waals surface area contributed by atoms with Gasteiger partial charge in [0.15, 0.2) is 21.2 Å². The van der Waals surface area contributed by atoms with Crippen molar-refractivity contribution >= 4 is 32.7 Å². The maximum Gasteiger partial charge on any atom is 0.291 e. The largest absolute Gasteiger partial charge is 0.378 e. The molecule has 39 heavy (non-hydrogen) atoms. The number of rotatable bonds is 6. The topological polar surface area (TPSA) is 151 Å². The number of anilines is 1. The van der Waals surface area contributed by atoms with E-state index in [4.69, 9.17) is 9.47 Å². The van der Waals surface area contributed by atoms with Gasteiger partial charge in [-0.05, 0) is 19.9 Å². The Hall–Kier alpha value is -2.88. The number of aromatic nitrogens is 5. The van der Waals surface area contributed by atoms with E-state index in [9.17, 15) is 22.5 Å². The van der Waals surface area contributed by atoms with Gasteiger partial charge in [-0.2, -0.15) is 14.5 Å². The van der Waals surface area contributed by atoms with Crippen LogP contribution in [-0.2, 0) is 19.5 Å². The van der Waals surface area contributed by atoms with Crippen molar-refractivity contribution in [1.82, 2.24) is 34.6 Å². The number of hydrogen-bond donors (Lipinski definition) is 1. The third-order valence-electron chi connectivity index (χ3n) is 7.46. The second-order valence-corrected chi connectivity index (χ2v) is 12.6. The molecule has 0 saturated carbocycles. The van der Waals surface area contributed by atoms with Crippen LogP contribution in [0, 0.1) is 11.3 Å². The van der Waals surface area contributed by atoms with Crippen molar-refractivity contribution in [3.63, 3.8) is 0 Å². The summed E-state index contributed by atoms with van der Waals surface area (Å²) in [6.07, 6.45) is -3.44. The molecular weight excluding hydrogens is 556 g/mol. The number of nitrogens with one attached hydrogen (secondary N) is 1. The first-order chi connectivity index (χ1) is 18.6. The Kier molecular flexibility index (Phi) is 6.51. The summed E-state index contributed by atoms with van der Waals surface area (Å²) in [4.78, 5) is 4.26. The molecule has 0 aromatic carbocycles. The summed E-state index contributed by atoms with van der Waals surface area (Å²) in [6, 6.07) is 5.10. The molecule has 1 N–H and O–H groups in total. The van der Waals surface area contributed by atoms with E-state index in [1.807, 2.05) is 11.0 Å². The van der Waals surface area contributed by atoms with Crippen molar-refractivity contribution in [2.75, 3.05) is 44.4 Å². The van der Waals surface area contributed by atoms with Crippen LogP contribution in [0.2, 0.25) is 0 Å². The minimum absolute atomic E-state index is 0.0825. The SMILES string of the molecule is CC1OCC1(C#N)NS(=O)(=O)c1cc(N2C[C@@H]3COCCN3[C@@H](C)C2)n2nnc(-c3nnc(C(F)F)s3)c2c1. The Balaban J connectivity index is 1.47. The number of fused-ring (bicyclic) bond motifs is 2. The summed E-state index contributed by atoms with van der Waals surface area (Å²) in [5.41, 5.74) is -1.03. The second-order valence-electron chi connectivity index (χ2n) is 9.89. The van der Waals surface area contributed by atoms with Crippen LogP contribution < -0.4 is 9.62 Å². The number of halogens is 2. The predicted octanol–water partition coefficient (Wildman–Crippen LogP) is 1.05. The average molecular weight is 582 g/mol. The van der Waals surface area contributed by atoms with Gasteiger partial charge in [0, 0.05) is 31.7 Å². The second kappa shape index (κ2) is 9.64. The monoisotopic (exact) mass is 581 g/mol. The fourth-order valence-corrected chi connectivity index (χ4v) is 7.31. The number of nitriles is 1. The van der Waals surface area contributed by atoms with Crippen molar-refractivity contribution < 1.29 is 26.7 Å². The minimum atomic E-state index is -4.23. The van der Waals surface area contributed by atoms with Gasteiger partial charge >= 0.3 is 0 Å². The van der Waals surface area contributed by atoms with Crippen LogP contribution in [0.3, 0.4) is 0 Å². The molecule has 6 heterocycles. The number of pyridine rings is 1. The first-order valence-electron chi connectivity index (χ1n) is 12.3. The number of alkyl halides is 2. The van der Waals surface area contributed by atoms with Gasteiger partial charge in [-0.3, -0.25) is 4.90 Å². The quantitative estimate of drug-likeness (QED) is 0.445. The van der Waals surface area contributed by atoms with Gasteiger partial charge in [-0.25, -0.2) is 17.2 Å². The molecule has 0 aliphatic carbocycles. The van der Waals surface area contributed by atoms with Crippen LogP contribution in [0.4, 0.5) is 14.6 Å². The predicted molar refractivity (Wildman–Crippen MR) is 134 cm³/mol. The number of nitrogens with zero attached hydrogens (tertiary/aromatic N) is 8. The van der Waals surface area contributed by atoms with Crippen LogP contribution in [0.25, 0.3) is 16.2 Å². The van der Waals surface area contributed by atoms with Crippen LogP contribution in [0.15, 0.2) is 17.0 Å². The highest BCUT2D eigenvalue weighted by atomic mass is 32.2. The number of ether oxygens (including phenoxy) is 2. The number of sulfonamides is 1. The molecule has 0 spiro atoms. The number of morpholine rings is 1. The molecule has 208 valence electrons. The van der Waals surface area contributed by atoms with Crippen LogP contribution >= 0.6 is 11.3 Å². The molecule has 0 radical (unpaired) electrons. The fourth-order valence-electron chi connectivity index (χ4n) is 5.22. The summed E-state index contributed by atoms with van der Waals surface area (Å²) >= 11 is 0.661.